The molecule has 0 radical (unpaired) electrons. The lowest BCUT2D eigenvalue weighted by molar-refractivity contribution is -0.120. The van der Waals surface area contributed by atoms with Gasteiger partial charge in [0.05, 0.1) is 5.52 Å². The largest absolute Gasteiger partial charge is 0.443 e. The normalized spacial score (nSPS) is 15.0. The number of hydrogen-bond donors (Lipinski definition) is 0. The highest BCUT2D eigenvalue weighted by Gasteiger charge is 2.22. The van der Waals surface area contributed by atoms with Crippen molar-refractivity contribution >= 4 is 22.8 Å². The highest BCUT2D eigenvalue weighted by molar-refractivity contribution is 5.92. The van der Waals surface area contributed by atoms with Gasteiger partial charge in [0.2, 0.25) is 0 Å². The summed E-state index contributed by atoms with van der Waals surface area (Å²) < 4.78 is 7.10. The molecule has 1 saturated carbocycles. The molecule has 0 N–H and O–H groups in total. The van der Waals surface area contributed by atoms with E-state index in [0.717, 1.165) is 48.1 Å². The van der Waals surface area contributed by atoms with Crippen LogP contribution >= 0.6 is 0 Å². The minimum Gasteiger partial charge on any atom is -0.443 e. The maximum absolute atomic E-state index is 12.6. The molecule has 3 rings (SSSR count). The first-order chi connectivity index (χ1) is 14.6. The van der Waals surface area contributed by atoms with Gasteiger partial charge in [0, 0.05) is 17.5 Å². The van der Waals surface area contributed by atoms with Gasteiger partial charge < -0.3 is 4.74 Å². The molecule has 4 heteroatoms. The van der Waals surface area contributed by atoms with E-state index in [1.54, 1.807) is 17.7 Å². The van der Waals surface area contributed by atoms with E-state index in [1.807, 2.05) is 45.0 Å². The molecule has 0 spiro atoms. The van der Waals surface area contributed by atoms with Crippen LogP contribution in [0.1, 0.15) is 92.1 Å². The number of aromatic nitrogens is 1. The van der Waals surface area contributed by atoms with Gasteiger partial charge in [0.1, 0.15) is 11.4 Å². The molecule has 2 aromatic rings. The van der Waals surface area contributed by atoms with E-state index in [1.165, 1.54) is 19.3 Å². The first-order valence-electron chi connectivity index (χ1n) is 11.9. The van der Waals surface area contributed by atoms with Crippen molar-refractivity contribution in [1.29, 1.82) is 0 Å². The summed E-state index contributed by atoms with van der Waals surface area (Å²) >= 11 is 0. The molecule has 0 amide bonds. The number of unbranched alkanes of at least 4 members (excludes halogenated alkanes) is 2. The van der Waals surface area contributed by atoms with Crippen molar-refractivity contribution in [1.82, 2.24) is 4.57 Å². The van der Waals surface area contributed by atoms with Gasteiger partial charge in [-0.1, -0.05) is 70.6 Å². The van der Waals surface area contributed by atoms with Crippen molar-refractivity contribution in [2.75, 3.05) is 0 Å². The fraction of sp³-hybridized carbons (Fsp3) is 0.630. The summed E-state index contributed by atoms with van der Waals surface area (Å²) in [7, 11) is 0. The van der Waals surface area contributed by atoms with Crippen molar-refractivity contribution in [3.8, 4) is 0 Å². The van der Waals surface area contributed by atoms with Gasteiger partial charge >= 0.3 is 6.09 Å². The number of rotatable bonds is 7. The lowest BCUT2D eigenvalue weighted by Gasteiger charge is -2.21. The zero-order valence-electron chi connectivity index (χ0n) is 20.4. The topological polar surface area (TPSA) is 48.3 Å². The number of fused-ring (bicyclic) bond motifs is 1. The number of ketones is 1. The molecule has 31 heavy (non-hydrogen) atoms. The van der Waals surface area contributed by atoms with E-state index in [-0.39, 0.29) is 17.8 Å². The molecule has 0 saturated heterocycles. The van der Waals surface area contributed by atoms with Crippen molar-refractivity contribution in [2.45, 2.75) is 98.5 Å². The molecule has 172 valence electrons. The molecule has 0 aliphatic heterocycles. The zero-order valence-corrected chi connectivity index (χ0v) is 20.4. The smallest absolute Gasteiger partial charge is 0.418 e. The number of para-hydroxylation sites is 1. The summed E-state index contributed by atoms with van der Waals surface area (Å²) in [6, 6.07) is 7.90. The Morgan fingerprint density at radius 1 is 1.16 bits per heavy atom. The first-order valence-corrected chi connectivity index (χ1v) is 11.9. The molecule has 4 nitrogen and oxygen atoms in total. The Kier molecular flexibility index (Phi) is 9.33. The second kappa shape index (κ2) is 11.5. The number of benzene rings is 1. The number of Topliss-reactive ketones (excluding diaryl/α,β-unsaturated/α-hetero) is 1. The van der Waals surface area contributed by atoms with Crippen molar-refractivity contribution < 1.29 is 14.3 Å². The van der Waals surface area contributed by atoms with Gasteiger partial charge in [-0.25, -0.2) is 4.79 Å². The molecule has 1 fully saturated rings. The van der Waals surface area contributed by atoms with Gasteiger partial charge in [0.25, 0.3) is 0 Å². The average Bonchev–Trinajstić information content (AvgIpc) is 3.10. The summed E-state index contributed by atoms with van der Waals surface area (Å²) in [6.45, 7) is 11.7. The van der Waals surface area contributed by atoms with Gasteiger partial charge in [-0.15, -0.1) is 0 Å². The van der Waals surface area contributed by atoms with Crippen LogP contribution in [0, 0.1) is 11.8 Å². The van der Waals surface area contributed by atoms with E-state index >= 15 is 0 Å². The minimum absolute atomic E-state index is 0.00543. The van der Waals surface area contributed by atoms with Crippen LogP contribution in [0.4, 0.5) is 4.79 Å². The average molecular weight is 428 g/mol. The minimum atomic E-state index is -0.551. The highest BCUT2D eigenvalue weighted by atomic mass is 16.6. The Hall–Kier alpha value is -2.10. The fourth-order valence-electron chi connectivity index (χ4n) is 3.86. The molecule has 1 heterocycles. The Bertz CT molecular complexity index is 855. The standard InChI is InChI=1S/C22H31NO3.C5H10/c1-6-7-8-10-18(16(2)24)15-19-12-9-11-17-13-14-23(20(17)19)21(25)26-22(3,4)5;1-5-3-2-4-5/h9,11-14,18H,6-8,10,15H2,1-5H3;5H,2-4H2,1H3. The molecule has 1 aliphatic carbocycles. The number of hydrogen-bond acceptors (Lipinski definition) is 3. The predicted octanol–water partition coefficient (Wildman–Crippen LogP) is 7.56. The fourth-order valence-corrected chi connectivity index (χ4v) is 3.86. The van der Waals surface area contributed by atoms with Crippen LogP contribution < -0.4 is 0 Å². The number of ether oxygens (including phenoxy) is 1. The summed E-state index contributed by atoms with van der Waals surface area (Å²) in [6.07, 6.45) is 10.7. The first kappa shape index (κ1) is 25.2. The molecular formula is C27H41NO3. The van der Waals surface area contributed by atoms with Gasteiger partial charge in [0.15, 0.2) is 0 Å². The highest BCUT2D eigenvalue weighted by Crippen LogP contribution is 2.26. The van der Waals surface area contributed by atoms with Crippen LogP contribution in [0.2, 0.25) is 0 Å². The monoisotopic (exact) mass is 427 g/mol. The SMILES string of the molecule is CC1CCC1.CCCCCC(Cc1cccc2ccn(C(=O)OC(C)(C)C)c12)C(C)=O. The molecule has 1 aromatic carbocycles. The van der Waals surface area contributed by atoms with E-state index < -0.39 is 5.60 Å². The second-order valence-electron chi connectivity index (χ2n) is 10.1. The molecule has 0 bridgehead atoms. The third-order valence-corrected chi connectivity index (χ3v) is 5.98. The molecule has 1 atom stereocenters. The number of nitrogens with zero attached hydrogens (tertiary/aromatic N) is 1. The molecule has 1 unspecified atom stereocenters. The van der Waals surface area contributed by atoms with Gasteiger partial charge in [-0.05, 0) is 58.1 Å². The van der Waals surface area contributed by atoms with Crippen LogP contribution in [0.15, 0.2) is 30.5 Å². The Labute approximate surface area is 188 Å². The maximum Gasteiger partial charge on any atom is 0.418 e. The van der Waals surface area contributed by atoms with Gasteiger partial charge in [-0.2, -0.15) is 0 Å². The second-order valence-corrected chi connectivity index (χ2v) is 10.1. The van der Waals surface area contributed by atoms with Crippen LogP contribution in [0.3, 0.4) is 0 Å². The number of carbonyl (C=O) groups excluding carboxylic acids is 2. The predicted molar refractivity (Wildman–Crippen MR) is 129 cm³/mol. The Morgan fingerprint density at radius 2 is 1.84 bits per heavy atom. The quantitative estimate of drug-likeness (QED) is 0.428. The van der Waals surface area contributed by atoms with Crippen LogP contribution in [0.25, 0.3) is 10.9 Å². The van der Waals surface area contributed by atoms with Crippen LogP contribution in [-0.4, -0.2) is 22.0 Å². The van der Waals surface area contributed by atoms with Crippen molar-refractivity contribution in [2.24, 2.45) is 11.8 Å². The summed E-state index contributed by atoms with van der Waals surface area (Å²) in [4.78, 5) is 24.7. The van der Waals surface area contributed by atoms with Crippen molar-refractivity contribution in [3.05, 3.63) is 36.0 Å². The third-order valence-electron chi connectivity index (χ3n) is 5.98. The van der Waals surface area contributed by atoms with E-state index in [9.17, 15) is 9.59 Å². The molecule has 1 aromatic heterocycles. The molecule has 1 aliphatic rings. The Balaban J connectivity index is 0.000000597. The number of carbonyl (C=O) groups is 2. The van der Waals surface area contributed by atoms with E-state index in [2.05, 4.69) is 13.8 Å². The van der Waals surface area contributed by atoms with Crippen LogP contribution in [-0.2, 0) is 16.0 Å². The van der Waals surface area contributed by atoms with Crippen LogP contribution in [0.5, 0.6) is 0 Å². The summed E-state index contributed by atoms with van der Waals surface area (Å²) in [5.74, 6) is 1.28. The van der Waals surface area contributed by atoms with E-state index in [0.29, 0.717) is 6.42 Å². The van der Waals surface area contributed by atoms with E-state index in [4.69, 9.17) is 4.74 Å². The summed E-state index contributed by atoms with van der Waals surface area (Å²) in [5.41, 5.74) is 1.32. The Morgan fingerprint density at radius 3 is 2.35 bits per heavy atom. The summed E-state index contributed by atoms with van der Waals surface area (Å²) in [5, 5.41) is 0.990. The third kappa shape index (κ3) is 7.83. The van der Waals surface area contributed by atoms with Gasteiger partial charge in [-0.3, -0.25) is 9.36 Å². The molecular weight excluding hydrogens is 386 g/mol. The maximum atomic E-state index is 12.6. The lowest BCUT2D eigenvalue weighted by Crippen LogP contribution is -2.27. The lowest BCUT2D eigenvalue weighted by atomic mass is 9.88. The van der Waals surface area contributed by atoms with Crippen molar-refractivity contribution in [3.63, 3.8) is 0 Å². The zero-order chi connectivity index (χ0) is 23.0.